The second kappa shape index (κ2) is 6.32. The van der Waals surface area contributed by atoms with Crippen molar-refractivity contribution in [2.45, 2.75) is 24.8 Å². The van der Waals surface area contributed by atoms with E-state index in [-0.39, 0.29) is 11.3 Å². The van der Waals surface area contributed by atoms with Crippen molar-refractivity contribution in [1.29, 1.82) is 0 Å². The van der Waals surface area contributed by atoms with Gasteiger partial charge in [-0.2, -0.15) is 0 Å². The van der Waals surface area contributed by atoms with Gasteiger partial charge in [-0.15, -0.1) is 0 Å². The maximum absolute atomic E-state index is 12.7. The molecule has 1 amide bonds. The van der Waals surface area contributed by atoms with Gasteiger partial charge in [-0.3, -0.25) is 4.79 Å². The van der Waals surface area contributed by atoms with E-state index in [0.29, 0.717) is 6.54 Å². The second-order valence-corrected chi connectivity index (χ2v) is 7.07. The summed E-state index contributed by atoms with van der Waals surface area (Å²) in [7, 11) is 3.91. The first kappa shape index (κ1) is 16.0. The molecule has 0 atom stereocenters. The molecule has 1 saturated carbocycles. The average molecular weight is 374 g/mol. The monoisotopic (exact) mass is 373 g/mol. The van der Waals surface area contributed by atoms with Crippen LogP contribution in [0.1, 0.15) is 24.0 Å². The van der Waals surface area contributed by atoms with Crippen LogP contribution in [0.3, 0.4) is 0 Å². The fraction of sp³-hybridized carbons (Fsp3) is 0.333. The van der Waals surface area contributed by atoms with Gasteiger partial charge in [-0.05, 0) is 36.6 Å². The maximum Gasteiger partial charge on any atom is 0.230 e. The number of carbonyl (C=O) groups excluding carboxylic acids is 1. The molecule has 0 radical (unpaired) electrons. The second-order valence-electron chi connectivity index (χ2n) is 6.15. The summed E-state index contributed by atoms with van der Waals surface area (Å²) in [6.07, 6.45) is 3.59. The Kier molecular flexibility index (Phi) is 4.39. The van der Waals surface area contributed by atoms with Crippen molar-refractivity contribution in [3.05, 3.63) is 58.2 Å². The van der Waals surface area contributed by atoms with E-state index in [1.807, 2.05) is 55.4 Å². The molecule has 4 nitrogen and oxygen atoms in total. The standard InChI is InChI=1S/C18H20BrN3O/c1-22(2)16-13(4-3-11-20-16)12-21-17(23)18(9-10-18)14-5-7-15(19)8-6-14/h3-8,11H,9-10,12H2,1-2H3,(H,21,23). The summed E-state index contributed by atoms with van der Waals surface area (Å²) in [6, 6.07) is 12.0. The number of aromatic nitrogens is 1. The molecule has 120 valence electrons. The largest absolute Gasteiger partial charge is 0.362 e. The predicted octanol–water partition coefficient (Wildman–Crippen LogP) is 3.26. The van der Waals surface area contributed by atoms with Gasteiger partial charge in [0.1, 0.15) is 5.82 Å². The molecule has 1 aromatic carbocycles. The summed E-state index contributed by atoms with van der Waals surface area (Å²) in [5.74, 6) is 0.995. The number of hydrogen-bond acceptors (Lipinski definition) is 3. The Bertz CT molecular complexity index is 708. The molecule has 0 saturated heterocycles. The highest BCUT2D eigenvalue weighted by Crippen LogP contribution is 2.48. The van der Waals surface area contributed by atoms with Crippen LogP contribution in [0, 0.1) is 0 Å². The average Bonchev–Trinajstić information content (AvgIpc) is 3.35. The smallest absolute Gasteiger partial charge is 0.230 e. The van der Waals surface area contributed by atoms with E-state index in [9.17, 15) is 4.79 Å². The highest BCUT2D eigenvalue weighted by Gasteiger charge is 2.51. The number of rotatable bonds is 5. The molecule has 0 aliphatic heterocycles. The van der Waals surface area contributed by atoms with Crippen molar-refractivity contribution in [3.63, 3.8) is 0 Å². The van der Waals surface area contributed by atoms with E-state index in [1.165, 1.54) is 0 Å². The van der Waals surface area contributed by atoms with E-state index in [2.05, 4.69) is 26.2 Å². The summed E-state index contributed by atoms with van der Waals surface area (Å²) in [5.41, 5.74) is 1.77. The molecule has 1 aromatic heterocycles. The van der Waals surface area contributed by atoms with E-state index in [0.717, 1.165) is 34.3 Å². The Labute approximate surface area is 145 Å². The number of pyridine rings is 1. The minimum Gasteiger partial charge on any atom is -0.362 e. The van der Waals surface area contributed by atoms with Crippen LogP contribution in [0.25, 0.3) is 0 Å². The fourth-order valence-corrected chi connectivity index (χ4v) is 3.12. The van der Waals surface area contributed by atoms with Crippen molar-refractivity contribution in [3.8, 4) is 0 Å². The van der Waals surface area contributed by atoms with Gasteiger partial charge in [0.2, 0.25) is 5.91 Å². The Morgan fingerprint density at radius 2 is 1.96 bits per heavy atom. The summed E-state index contributed by atoms with van der Waals surface area (Å²) >= 11 is 3.44. The van der Waals surface area contributed by atoms with Crippen molar-refractivity contribution in [1.82, 2.24) is 10.3 Å². The minimum atomic E-state index is -0.346. The van der Waals surface area contributed by atoms with Gasteiger partial charge in [0, 0.05) is 36.9 Å². The van der Waals surface area contributed by atoms with Crippen LogP contribution in [0.15, 0.2) is 47.1 Å². The molecule has 1 aliphatic rings. The number of nitrogens with one attached hydrogen (secondary N) is 1. The topological polar surface area (TPSA) is 45.2 Å². The summed E-state index contributed by atoms with van der Waals surface area (Å²) in [5, 5.41) is 3.09. The maximum atomic E-state index is 12.7. The lowest BCUT2D eigenvalue weighted by Crippen LogP contribution is -2.34. The first-order chi connectivity index (χ1) is 11.0. The molecule has 5 heteroatoms. The van der Waals surface area contributed by atoms with E-state index in [1.54, 1.807) is 6.20 Å². The fourth-order valence-electron chi connectivity index (χ4n) is 2.86. The van der Waals surface area contributed by atoms with Gasteiger partial charge in [0.05, 0.1) is 5.41 Å². The third kappa shape index (κ3) is 3.24. The number of benzene rings is 1. The summed E-state index contributed by atoms with van der Waals surface area (Å²) in [4.78, 5) is 19.0. The summed E-state index contributed by atoms with van der Waals surface area (Å²) < 4.78 is 1.03. The lowest BCUT2D eigenvalue weighted by atomic mass is 9.95. The molecule has 1 aliphatic carbocycles. The van der Waals surface area contributed by atoms with Crippen LogP contribution < -0.4 is 10.2 Å². The van der Waals surface area contributed by atoms with Crippen LogP contribution in [0.4, 0.5) is 5.82 Å². The van der Waals surface area contributed by atoms with Crippen molar-refractivity contribution in [2.75, 3.05) is 19.0 Å². The van der Waals surface area contributed by atoms with Crippen molar-refractivity contribution >= 4 is 27.7 Å². The van der Waals surface area contributed by atoms with Crippen LogP contribution in [0.5, 0.6) is 0 Å². The molecular formula is C18H20BrN3O. The third-order valence-electron chi connectivity index (χ3n) is 4.31. The Morgan fingerprint density at radius 1 is 1.26 bits per heavy atom. The molecule has 23 heavy (non-hydrogen) atoms. The number of carbonyl (C=O) groups is 1. The zero-order valence-electron chi connectivity index (χ0n) is 13.3. The predicted molar refractivity (Wildman–Crippen MR) is 95.5 cm³/mol. The zero-order chi connectivity index (χ0) is 16.4. The van der Waals surface area contributed by atoms with Crippen LogP contribution in [-0.2, 0) is 16.8 Å². The first-order valence-corrected chi connectivity index (χ1v) is 8.48. The Balaban J connectivity index is 1.72. The highest BCUT2D eigenvalue weighted by atomic mass is 79.9. The molecule has 1 heterocycles. The van der Waals surface area contributed by atoms with E-state index >= 15 is 0 Å². The summed E-state index contributed by atoms with van der Waals surface area (Å²) in [6.45, 7) is 0.498. The van der Waals surface area contributed by atoms with E-state index in [4.69, 9.17) is 0 Å². The Hall–Kier alpha value is -1.88. The van der Waals surface area contributed by atoms with Gasteiger partial charge < -0.3 is 10.2 Å². The van der Waals surface area contributed by atoms with Crippen molar-refractivity contribution in [2.24, 2.45) is 0 Å². The molecule has 0 bridgehead atoms. The lowest BCUT2D eigenvalue weighted by Gasteiger charge is -2.19. The van der Waals surface area contributed by atoms with Gasteiger partial charge in [0.15, 0.2) is 0 Å². The number of anilines is 1. The number of hydrogen-bond donors (Lipinski definition) is 1. The third-order valence-corrected chi connectivity index (χ3v) is 4.84. The molecule has 1 fully saturated rings. The molecule has 2 aromatic rings. The number of nitrogens with zero attached hydrogens (tertiary/aromatic N) is 2. The molecular weight excluding hydrogens is 354 g/mol. The quantitative estimate of drug-likeness (QED) is 0.874. The highest BCUT2D eigenvalue weighted by molar-refractivity contribution is 9.10. The van der Waals surface area contributed by atoms with E-state index < -0.39 is 0 Å². The van der Waals surface area contributed by atoms with Gasteiger partial charge in [-0.25, -0.2) is 4.98 Å². The van der Waals surface area contributed by atoms with Crippen molar-refractivity contribution < 1.29 is 4.79 Å². The van der Waals surface area contributed by atoms with Gasteiger partial charge in [-0.1, -0.05) is 34.1 Å². The van der Waals surface area contributed by atoms with Gasteiger partial charge in [0.25, 0.3) is 0 Å². The molecule has 3 rings (SSSR count). The number of amides is 1. The minimum absolute atomic E-state index is 0.105. The SMILES string of the molecule is CN(C)c1ncccc1CNC(=O)C1(c2ccc(Br)cc2)CC1. The Morgan fingerprint density at radius 3 is 2.57 bits per heavy atom. The molecule has 0 spiro atoms. The van der Waals surface area contributed by atoms with Crippen LogP contribution >= 0.6 is 15.9 Å². The lowest BCUT2D eigenvalue weighted by molar-refractivity contribution is -0.123. The first-order valence-electron chi connectivity index (χ1n) is 7.68. The number of halogens is 1. The normalized spacial score (nSPS) is 15.1. The van der Waals surface area contributed by atoms with Gasteiger partial charge >= 0.3 is 0 Å². The van der Waals surface area contributed by atoms with Crippen LogP contribution in [0.2, 0.25) is 0 Å². The molecule has 1 N–H and O–H groups in total. The van der Waals surface area contributed by atoms with Crippen LogP contribution in [-0.4, -0.2) is 25.0 Å². The molecule has 0 unspecified atom stereocenters. The zero-order valence-corrected chi connectivity index (χ0v) is 14.9.